The van der Waals surface area contributed by atoms with Crippen molar-refractivity contribution < 1.29 is 4.74 Å². The molecule has 0 aromatic carbocycles. The van der Waals surface area contributed by atoms with Crippen molar-refractivity contribution in [3.05, 3.63) is 0 Å². The summed E-state index contributed by atoms with van der Waals surface area (Å²) in [6, 6.07) is 0. The lowest BCUT2D eigenvalue weighted by molar-refractivity contribution is 0.208. The summed E-state index contributed by atoms with van der Waals surface area (Å²) in [4.78, 5) is 7.37. The Morgan fingerprint density at radius 3 is 3.00 bits per heavy atom. The molecule has 0 rings (SSSR count). The Morgan fingerprint density at radius 1 is 1.67 bits per heavy atom. The summed E-state index contributed by atoms with van der Waals surface area (Å²) in [5, 5.41) is 0. The van der Waals surface area contributed by atoms with Crippen molar-refractivity contribution in [3.8, 4) is 0 Å². The van der Waals surface area contributed by atoms with E-state index in [1.807, 2.05) is 0 Å². The molecule has 0 amide bonds. The van der Waals surface area contributed by atoms with Crippen molar-refractivity contribution in [3.63, 3.8) is 0 Å². The van der Waals surface area contributed by atoms with Gasteiger partial charge in [-0.2, -0.15) is 0 Å². The van der Waals surface area contributed by atoms with E-state index in [0.717, 1.165) is 0 Å². The average Bonchev–Trinajstić information content (AvgIpc) is 1.89. The molecule has 0 atom stereocenters. The Balaban J connectivity index is 3.04. The summed E-state index contributed by atoms with van der Waals surface area (Å²) in [5.41, 5.74) is 4.93. The second-order valence-corrected chi connectivity index (χ2v) is 1.31. The number of hydrogen-bond acceptors (Lipinski definition) is 2. The van der Waals surface area contributed by atoms with Gasteiger partial charge < -0.3 is 10.5 Å². The summed E-state index contributed by atoms with van der Waals surface area (Å²) in [6.07, 6.45) is 2.59. The molecule has 0 unspecified atom stereocenters. The minimum Gasteiger partial charge on any atom is -0.390 e. The zero-order chi connectivity index (χ0) is 6.95. The molecule has 4 heteroatoms. The molecule has 52 valence electrons. The van der Waals surface area contributed by atoms with Gasteiger partial charge in [0.25, 0.3) is 0 Å². The van der Waals surface area contributed by atoms with Crippen molar-refractivity contribution >= 4 is 12.7 Å². The van der Waals surface area contributed by atoms with Gasteiger partial charge in [0.2, 0.25) is 0 Å². The van der Waals surface area contributed by atoms with E-state index < -0.39 is 0 Å². The molecule has 4 nitrogen and oxygen atoms in total. The molecular formula is C5H11N3O. The van der Waals surface area contributed by atoms with Gasteiger partial charge >= 0.3 is 0 Å². The number of nitrogens with two attached hydrogens (primary N) is 1. The quantitative estimate of drug-likeness (QED) is 0.320. The van der Waals surface area contributed by atoms with Crippen LogP contribution in [-0.2, 0) is 4.74 Å². The van der Waals surface area contributed by atoms with Crippen LogP contribution in [0, 0.1) is 0 Å². The molecule has 0 radical (unpaired) electrons. The van der Waals surface area contributed by atoms with Crippen LogP contribution in [0.3, 0.4) is 0 Å². The molecule has 0 spiro atoms. The fourth-order valence-corrected chi connectivity index (χ4v) is 0.287. The van der Waals surface area contributed by atoms with Crippen molar-refractivity contribution in [1.29, 1.82) is 0 Å². The molecule has 2 N–H and O–H groups in total. The number of rotatable bonds is 4. The highest BCUT2D eigenvalue weighted by molar-refractivity contribution is 5.69. The standard InChI is InChI=1S/C5H11N3O/c1-9-3-2-7-5-8-4-6/h4-5H,2-3H2,1H3,(H2,6,7,8). The third-order valence-electron chi connectivity index (χ3n) is 0.659. The minimum absolute atomic E-state index is 0.622. The molecule has 0 aliphatic heterocycles. The van der Waals surface area contributed by atoms with Gasteiger partial charge in [0.15, 0.2) is 0 Å². The molecule has 0 heterocycles. The summed E-state index contributed by atoms with van der Waals surface area (Å²) in [6.45, 7) is 1.25. The average molecular weight is 129 g/mol. The fourth-order valence-electron chi connectivity index (χ4n) is 0.287. The Labute approximate surface area is 54.4 Å². The zero-order valence-electron chi connectivity index (χ0n) is 5.45. The predicted molar refractivity (Wildman–Crippen MR) is 37.9 cm³/mol. The van der Waals surface area contributed by atoms with E-state index in [-0.39, 0.29) is 0 Å². The number of ether oxygens (including phenoxy) is 1. The van der Waals surface area contributed by atoms with E-state index in [0.29, 0.717) is 13.2 Å². The van der Waals surface area contributed by atoms with Crippen LogP contribution in [0.15, 0.2) is 9.98 Å². The molecule has 0 aromatic heterocycles. The van der Waals surface area contributed by atoms with Crippen LogP contribution in [0.5, 0.6) is 0 Å². The highest BCUT2D eigenvalue weighted by Crippen LogP contribution is 1.69. The van der Waals surface area contributed by atoms with Crippen LogP contribution in [0.25, 0.3) is 0 Å². The maximum Gasteiger partial charge on any atom is 0.111 e. The first-order valence-corrected chi connectivity index (χ1v) is 2.62. The molecule has 0 aliphatic carbocycles. The number of nitrogens with zero attached hydrogens (tertiary/aromatic N) is 2. The maximum atomic E-state index is 4.93. The number of aliphatic imine (C=N–C) groups is 2. The molecule has 0 saturated carbocycles. The van der Waals surface area contributed by atoms with E-state index in [9.17, 15) is 0 Å². The van der Waals surface area contributed by atoms with Crippen LogP contribution in [0.4, 0.5) is 0 Å². The van der Waals surface area contributed by atoms with Gasteiger partial charge in [-0.05, 0) is 0 Å². The SMILES string of the molecule is COCCN=CN=CN. The second kappa shape index (κ2) is 7.10. The van der Waals surface area contributed by atoms with Gasteiger partial charge in [-0.1, -0.05) is 0 Å². The lowest BCUT2D eigenvalue weighted by Gasteiger charge is -1.88. The summed E-state index contributed by atoms with van der Waals surface area (Å²) >= 11 is 0. The Kier molecular flexibility index (Phi) is 6.39. The number of hydrogen-bond donors (Lipinski definition) is 1. The monoisotopic (exact) mass is 129 g/mol. The topological polar surface area (TPSA) is 60.0 Å². The highest BCUT2D eigenvalue weighted by atomic mass is 16.5. The predicted octanol–water partition coefficient (Wildman–Crippen LogP) is -0.352. The molecular weight excluding hydrogens is 118 g/mol. The molecule has 0 aliphatic rings. The van der Waals surface area contributed by atoms with Crippen molar-refractivity contribution in [1.82, 2.24) is 0 Å². The van der Waals surface area contributed by atoms with Gasteiger partial charge in [-0.3, -0.25) is 4.99 Å². The molecule has 9 heavy (non-hydrogen) atoms. The van der Waals surface area contributed by atoms with E-state index in [1.165, 1.54) is 12.7 Å². The summed E-state index contributed by atoms with van der Waals surface area (Å²) in [5.74, 6) is 0. The van der Waals surface area contributed by atoms with Crippen LogP contribution < -0.4 is 5.73 Å². The molecule has 0 fully saturated rings. The first-order chi connectivity index (χ1) is 4.41. The molecule has 0 aromatic rings. The first kappa shape index (κ1) is 8.10. The minimum atomic E-state index is 0.622. The van der Waals surface area contributed by atoms with Gasteiger partial charge in [0.1, 0.15) is 6.34 Å². The Hall–Kier alpha value is -0.900. The van der Waals surface area contributed by atoms with Gasteiger partial charge in [0.05, 0.1) is 19.5 Å². The second-order valence-electron chi connectivity index (χ2n) is 1.31. The van der Waals surface area contributed by atoms with Crippen LogP contribution in [0.2, 0.25) is 0 Å². The van der Waals surface area contributed by atoms with Crippen molar-refractivity contribution in [2.24, 2.45) is 15.7 Å². The van der Waals surface area contributed by atoms with Crippen LogP contribution in [-0.4, -0.2) is 32.9 Å². The van der Waals surface area contributed by atoms with Gasteiger partial charge in [-0.25, -0.2) is 4.99 Å². The maximum absolute atomic E-state index is 4.93. The summed E-state index contributed by atoms with van der Waals surface area (Å²) in [7, 11) is 1.63. The Bertz CT molecular complexity index is 100. The Morgan fingerprint density at radius 2 is 2.44 bits per heavy atom. The van der Waals surface area contributed by atoms with Crippen molar-refractivity contribution in [2.75, 3.05) is 20.3 Å². The normalized spacial score (nSPS) is 11.7. The molecule has 0 saturated heterocycles. The lowest BCUT2D eigenvalue weighted by atomic mass is 10.7. The van der Waals surface area contributed by atoms with Crippen LogP contribution in [0.1, 0.15) is 0 Å². The first-order valence-electron chi connectivity index (χ1n) is 2.62. The fraction of sp³-hybridized carbons (Fsp3) is 0.600. The van der Waals surface area contributed by atoms with E-state index in [4.69, 9.17) is 10.5 Å². The zero-order valence-corrected chi connectivity index (χ0v) is 5.45. The number of methoxy groups -OCH3 is 1. The van der Waals surface area contributed by atoms with E-state index >= 15 is 0 Å². The third kappa shape index (κ3) is 7.10. The molecule has 0 bridgehead atoms. The third-order valence-corrected chi connectivity index (χ3v) is 0.659. The van der Waals surface area contributed by atoms with E-state index in [1.54, 1.807) is 7.11 Å². The highest BCUT2D eigenvalue weighted by Gasteiger charge is 1.73. The lowest BCUT2D eigenvalue weighted by Crippen LogP contribution is -1.93. The largest absolute Gasteiger partial charge is 0.390 e. The van der Waals surface area contributed by atoms with Gasteiger partial charge in [0, 0.05) is 7.11 Å². The van der Waals surface area contributed by atoms with Gasteiger partial charge in [-0.15, -0.1) is 0 Å². The smallest absolute Gasteiger partial charge is 0.111 e. The van der Waals surface area contributed by atoms with Crippen LogP contribution >= 0.6 is 0 Å². The van der Waals surface area contributed by atoms with Crippen molar-refractivity contribution in [2.45, 2.75) is 0 Å². The van der Waals surface area contributed by atoms with E-state index in [2.05, 4.69) is 9.98 Å². The summed E-state index contributed by atoms with van der Waals surface area (Å²) < 4.78 is 4.73.